The van der Waals surface area contributed by atoms with Gasteiger partial charge in [0.1, 0.15) is 18.3 Å². The van der Waals surface area contributed by atoms with E-state index in [0.717, 1.165) is 19.9 Å². The molecule has 10 heteroatoms. The number of aryl methyl sites for hydroxylation is 1. The zero-order valence-corrected chi connectivity index (χ0v) is 26.0. The van der Waals surface area contributed by atoms with Gasteiger partial charge in [0.15, 0.2) is 0 Å². The predicted octanol–water partition coefficient (Wildman–Crippen LogP) is 5.29. The van der Waals surface area contributed by atoms with Gasteiger partial charge < -0.3 is 15.0 Å². The first-order valence-corrected chi connectivity index (χ1v) is 15.0. The third-order valence-electron chi connectivity index (χ3n) is 6.16. The second kappa shape index (κ2) is 12.9. The van der Waals surface area contributed by atoms with E-state index in [1.54, 1.807) is 43.3 Å². The van der Waals surface area contributed by atoms with Crippen LogP contribution in [0.25, 0.3) is 0 Å². The van der Waals surface area contributed by atoms with E-state index in [2.05, 4.69) is 21.2 Å². The van der Waals surface area contributed by atoms with Crippen LogP contribution < -0.4 is 14.4 Å². The molecular weight excluding hydrogens is 594 g/mol. The molecule has 0 fully saturated rings. The highest BCUT2D eigenvalue weighted by Crippen LogP contribution is 2.26. The first-order chi connectivity index (χ1) is 18.7. The van der Waals surface area contributed by atoms with Crippen molar-refractivity contribution in [1.29, 1.82) is 0 Å². The minimum atomic E-state index is -4.15. The van der Waals surface area contributed by atoms with Crippen molar-refractivity contribution in [3.8, 4) is 5.75 Å². The normalized spacial score (nSPS) is 12.4. The molecule has 1 atom stereocenters. The smallest absolute Gasteiger partial charge is 0.264 e. The SMILES string of the molecule is COc1ccc(S(=O)(=O)N(CC(=O)N(Cc2cccc(Br)c2)C(C)C(=O)NC(C)(C)C)c2ccc(C)cc2)cc1. The molecule has 3 aromatic carbocycles. The van der Waals surface area contributed by atoms with E-state index in [1.807, 2.05) is 52.0 Å². The standard InChI is InChI=1S/C30H36BrN3O5S/c1-21-10-12-25(13-11-21)34(40(37,38)27-16-14-26(39-6)15-17-27)20-28(35)33(19-23-8-7-9-24(31)18-23)22(2)29(36)32-30(3,4)5/h7-18,22H,19-20H2,1-6H3,(H,32,36). The second-order valence-electron chi connectivity index (χ2n) is 10.6. The lowest BCUT2D eigenvalue weighted by molar-refractivity contribution is -0.140. The van der Waals surface area contributed by atoms with Crippen molar-refractivity contribution >= 4 is 43.5 Å². The van der Waals surface area contributed by atoms with Crippen LogP contribution in [0, 0.1) is 6.92 Å². The van der Waals surface area contributed by atoms with Gasteiger partial charge in [-0.1, -0.05) is 45.8 Å². The number of methoxy groups -OCH3 is 1. The summed E-state index contributed by atoms with van der Waals surface area (Å²) in [6.07, 6.45) is 0. The topological polar surface area (TPSA) is 96.0 Å². The minimum Gasteiger partial charge on any atom is -0.497 e. The van der Waals surface area contributed by atoms with Crippen molar-refractivity contribution < 1.29 is 22.7 Å². The molecule has 1 N–H and O–H groups in total. The summed E-state index contributed by atoms with van der Waals surface area (Å²) in [5, 5.41) is 2.92. The average molecular weight is 631 g/mol. The summed E-state index contributed by atoms with van der Waals surface area (Å²) in [5.41, 5.74) is 1.56. The molecule has 2 amide bonds. The van der Waals surface area contributed by atoms with Gasteiger partial charge in [-0.25, -0.2) is 8.42 Å². The van der Waals surface area contributed by atoms with Gasteiger partial charge in [0.25, 0.3) is 10.0 Å². The lowest BCUT2D eigenvalue weighted by Gasteiger charge is -2.33. The Balaban J connectivity index is 2.03. The highest BCUT2D eigenvalue weighted by atomic mass is 79.9. The van der Waals surface area contributed by atoms with Crippen LogP contribution in [0.3, 0.4) is 0 Å². The fourth-order valence-corrected chi connectivity index (χ4v) is 5.86. The maximum absolute atomic E-state index is 14.0. The van der Waals surface area contributed by atoms with Crippen LogP contribution in [0.15, 0.2) is 82.2 Å². The number of halogens is 1. The molecule has 0 aliphatic rings. The first-order valence-electron chi connectivity index (χ1n) is 12.8. The summed E-state index contributed by atoms with van der Waals surface area (Å²) in [4.78, 5) is 28.6. The minimum absolute atomic E-state index is 0.0127. The summed E-state index contributed by atoms with van der Waals surface area (Å²) in [6.45, 7) is 8.73. The third-order valence-corrected chi connectivity index (χ3v) is 8.44. The Kier molecular flexibility index (Phi) is 10.0. The van der Waals surface area contributed by atoms with Gasteiger partial charge in [0.05, 0.1) is 17.7 Å². The number of hydrogen-bond donors (Lipinski definition) is 1. The highest BCUT2D eigenvalue weighted by Gasteiger charge is 2.33. The van der Waals surface area contributed by atoms with Gasteiger partial charge in [-0.15, -0.1) is 0 Å². The number of rotatable bonds is 10. The number of amides is 2. The van der Waals surface area contributed by atoms with Gasteiger partial charge >= 0.3 is 0 Å². The summed E-state index contributed by atoms with van der Waals surface area (Å²) in [7, 11) is -2.65. The molecule has 0 heterocycles. The first kappa shape index (κ1) is 31.2. The number of hydrogen-bond acceptors (Lipinski definition) is 5. The zero-order valence-electron chi connectivity index (χ0n) is 23.6. The molecule has 8 nitrogen and oxygen atoms in total. The largest absolute Gasteiger partial charge is 0.497 e. The van der Waals surface area contributed by atoms with Crippen molar-refractivity contribution in [1.82, 2.24) is 10.2 Å². The molecule has 0 saturated heterocycles. The van der Waals surface area contributed by atoms with Crippen molar-refractivity contribution in [2.45, 2.75) is 57.6 Å². The van der Waals surface area contributed by atoms with Crippen LogP contribution in [0.1, 0.15) is 38.8 Å². The summed E-state index contributed by atoms with van der Waals surface area (Å²) in [5.74, 6) is -0.347. The van der Waals surface area contributed by atoms with Crippen molar-refractivity contribution in [2.24, 2.45) is 0 Å². The number of carbonyl (C=O) groups is 2. The van der Waals surface area contributed by atoms with Crippen LogP contribution >= 0.6 is 15.9 Å². The number of benzene rings is 3. The molecular formula is C30H36BrN3O5S. The molecule has 0 radical (unpaired) electrons. The zero-order chi connectivity index (χ0) is 29.7. The van der Waals surface area contributed by atoms with Crippen LogP contribution in [-0.2, 0) is 26.2 Å². The van der Waals surface area contributed by atoms with Gasteiger partial charge in [-0.05, 0) is 88.7 Å². The number of anilines is 1. The molecule has 0 bridgehead atoms. The molecule has 0 spiro atoms. The monoisotopic (exact) mass is 629 g/mol. The molecule has 214 valence electrons. The molecule has 3 aromatic rings. The highest BCUT2D eigenvalue weighted by molar-refractivity contribution is 9.10. The van der Waals surface area contributed by atoms with Crippen molar-refractivity contribution in [3.05, 3.63) is 88.4 Å². The van der Waals surface area contributed by atoms with E-state index >= 15 is 0 Å². The van der Waals surface area contributed by atoms with Crippen molar-refractivity contribution in [2.75, 3.05) is 18.0 Å². The molecule has 0 aromatic heterocycles. The fourth-order valence-electron chi connectivity index (χ4n) is 4.00. The van der Waals surface area contributed by atoms with E-state index in [9.17, 15) is 18.0 Å². The van der Waals surface area contributed by atoms with E-state index in [-0.39, 0.29) is 17.3 Å². The Bertz CT molecular complexity index is 1440. The number of nitrogens with zero attached hydrogens (tertiary/aromatic N) is 2. The van der Waals surface area contributed by atoms with Gasteiger partial charge in [0.2, 0.25) is 11.8 Å². The Labute approximate surface area is 245 Å². The number of ether oxygens (including phenoxy) is 1. The number of carbonyl (C=O) groups excluding carboxylic acids is 2. The predicted molar refractivity (Wildman–Crippen MR) is 161 cm³/mol. The van der Waals surface area contributed by atoms with Crippen LogP contribution in [-0.4, -0.2) is 50.4 Å². The Morgan fingerprint density at radius 1 is 1.00 bits per heavy atom. The van der Waals surface area contributed by atoms with Gasteiger partial charge in [-0.2, -0.15) is 0 Å². The molecule has 0 saturated carbocycles. The summed E-state index contributed by atoms with van der Waals surface area (Å²) < 4.78 is 34.9. The molecule has 0 aliphatic carbocycles. The van der Waals surface area contributed by atoms with E-state index < -0.39 is 34.1 Å². The Morgan fingerprint density at radius 3 is 2.17 bits per heavy atom. The van der Waals surface area contributed by atoms with Gasteiger partial charge in [-0.3, -0.25) is 13.9 Å². The molecule has 0 aliphatic heterocycles. The third kappa shape index (κ3) is 8.08. The van der Waals surface area contributed by atoms with E-state index in [1.165, 1.54) is 24.1 Å². The molecule has 1 unspecified atom stereocenters. The van der Waals surface area contributed by atoms with Crippen LogP contribution in [0.4, 0.5) is 5.69 Å². The summed E-state index contributed by atoms with van der Waals surface area (Å²) >= 11 is 3.45. The Morgan fingerprint density at radius 2 is 1.62 bits per heavy atom. The number of nitrogens with one attached hydrogen (secondary N) is 1. The Hall–Kier alpha value is -3.37. The lowest BCUT2D eigenvalue weighted by Crippen LogP contribution is -2.54. The van der Waals surface area contributed by atoms with Crippen LogP contribution in [0.5, 0.6) is 5.75 Å². The summed E-state index contributed by atoms with van der Waals surface area (Å²) in [6, 6.07) is 19.5. The van der Waals surface area contributed by atoms with E-state index in [4.69, 9.17) is 4.74 Å². The quantitative estimate of drug-likeness (QED) is 0.329. The maximum atomic E-state index is 14.0. The maximum Gasteiger partial charge on any atom is 0.264 e. The van der Waals surface area contributed by atoms with Gasteiger partial charge in [0, 0.05) is 16.6 Å². The molecule has 3 rings (SSSR count). The van der Waals surface area contributed by atoms with Crippen LogP contribution in [0.2, 0.25) is 0 Å². The second-order valence-corrected chi connectivity index (χ2v) is 13.4. The molecule has 40 heavy (non-hydrogen) atoms. The lowest BCUT2D eigenvalue weighted by atomic mass is 10.1. The van der Waals surface area contributed by atoms with E-state index in [0.29, 0.717) is 11.4 Å². The number of sulfonamides is 1. The average Bonchev–Trinajstić information content (AvgIpc) is 2.89. The fraction of sp³-hybridized carbons (Fsp3) is 0.333. The van der Waals surface area contributed by atoms with Crippen molar-refractivity contribution in [3.63, 3.8) is 0 Å².